The number of anilines is 1. The van der Waals surface area contributed by atoms with Crippen molar-refractivity contribution >= 4 is 17.2 Å². The molecule has 1 fully saturated rings. The lowest BCUT2D eigenvalue weighted by Gasteiger charge is -2.45. The number of nitrogens with zero attached hydrogens (tertiary/aromatic N) is 5. The summed E-state index contributed by atoms with van der Waals surface area (Å²) in [6.07, 6.45) is -1.72. The minimum Gasteiger partial charge on any atom is -0.369 e. The van der Waals surface area contributed by atoms with Crippen molar-refractivity contribution in [3.8, 4) is 11.4 Å². The molecule has 11 heteroatoms. The van der Waals surface area contributed by atoms with Crippen LogP contribution in [0.2, 0.25) is 0 Å². The molecule has 1 saturated carbocycles. The molecule has 3 aromatic heterocycles. The summed E-state index contributed by atoms with van der Waals surface area (Å²) in [5.74, 6) is -0.426. The van der Waals surface area contributed by atoms with Gasteiger partial charge in [-0.3, -0.25) is 9.20 Å². The first-order valence-corrected chi connectivity index (χ1v) is 10.9. The van der Waals surface area contributed by atoms with Gasteiger partial charge in [-0.05, 0) is 43.5 Å². The van der Waals surface area contributed by atoms with Gasteiger partial charge in [0.1, 0.15) is 11.3 Å². The average molecular weight is 485 g/mol. The Kier molecular flexibility index (Phi) is 5.39. The van der Waals surface area contributed by atoms with Crippen LogP contribution in [0.25, 0.3) is 17.0 Å². The molecule has 182 valence electrons. The van der Waals surface area contributed by atoms with Gasteiger partial charge in [-0.1, -0.05) is 23.4 Å². The molecule has 0 radical (unpaired) electrons. The molecule has 3 heterocycles. The van der Waals surface area contributed by atoms with Crippen LogP contribution in [-0.2, 0) is 4.74 Å². The summed E-state index contributed by atoms with van der Waals surface area (Å²) in [5.41, 5.74) is 0.940. The number of ether oxygens (including phenoxy) is 1. The van der Waals surface area contributed by atoms with Gasteiger partial charge >= 0.3 is 6.18 Å². The van der Waals surface area contributed by atoms with E-state index in [2.05, 4.69) is 15.1 Å². The van der Waals surface area contributed by atoms with Gasteiger partial charge in [-0.25, -0.2) is 4.98 Å². The number of aryl methyl sites for hydroxylation is 1. The molecule has 0 unspecified atom stereocenters. The molecule has 1 aliphatic rings. The molecule has 0 aliphatic heterocycles. The van der Waals surface area contributed by atoms with Crippen LogP contribution in [0.15, 0.2) is 53.3 Å². The van der Waals surface area contributed by atoms with Crippen molar-refractivity contribution in [2.45, 2.75) is 37.5 Å². The van der Waals surface area contributed by atoms with E-state index >= 15 is 0 Å². The third-order valence-electron chi connectivity index (χ3n) is 6.62. The van der Waals surface area contributed by atoms with Crippen molar-refractivity contribution in [2.24, 2.45) is 0 Å². The zero-order chi connectivity index (χ0) is 25.0. The van der Waals surface area contributed by atoms with E-state index in [4.69, 9.17) is 9.26 Å². The number of halogens is 3. The van der Waals surface area contributed by atoms with Crippen LogP contribution < -0.4 is 4.90 Å². The van der Waals surface area contributed by atoms with Crippen LogP contribution in [0.3, 0.4) is 0 Å². The Morgan fingerprint density at radius 2 is 2.03 bits per heavy atom. The lowest BCUT2D eigenvalue weighted by Crippen LogP contribution is -2.55. The molecule has 0 saturated heterocycles. The number of pyridine rings is 1. The van der Waals surface area contributed by atoms with E-state index < -0.39 is 17.7 Å². The van der Waals surface area contributed by atoms with Gasteiger partial charge in [0.25, 0.3) is 5.91 Å². The van der Waals surface area contributed by atoms with E-state index in [-0.39, 0.29) is 30.5 Å². The number of imidazole rings is 1. The summed E-state index contributed by atoms with van der Waals surface area (Å²) in [7, 11) is 2.72. The molecule has 35 heavy (non-hydrogen) atoms. The Morgan fingerprint density at radius 3 is 2.74 bits per heavy atom. The number of rotatable bonds is 5. The molecule has 1 aliphatic carbocycles. The van der Waals surface area contributed by atoms with E-state index in [1.165, 1.54) is 11.1 Å². The lowest BCUT2D eigenvalue weighted by atomic mass is 9.70. The Morgan fingerprint density at radius 1 is 1.26 bits per heavy atom. The Bertz CT molecular complexity index is 1400. The monoisotopic (exact) mass is 485 g/mol. The van der Waals surface area contributed by atoms with Crippen LogP contribution in [0, 0.1) is 6.92 Å². The highest BCUT2D eigenvalue weighted by Gasteiger charge is 2.64. The van der Waals surface area contributed by atoms with Gasteiger partial charge in [-0.2, -0.15) is 18.2 Å². The standard InChI is InChI=1S/C24H22F3N5O3/c1-14-7-8-15(20-29-21(35-30-20)16-11-23(12-16,34-3)24(25,26)27)10-17(14)31(2)22(33)18-13-28-19-6-4-5-9-32(18)19/h4-10,13,16H,11-12H2,1-3H3. The zero-order valence-electron chi connectivity index (χ0n) is 19.2. The van der Waals surface area contributed by atoms with Crippen LogP contribution in [0.1, 0.15) is 40.7 Å². The Labute approximate surface area is 198 Å². The van der Waals surface area contributed by atoms with Crippen molar-refractivity contribution in [1.82, 2.24) is 19.5 Å². The third-order valence-corrected chi connectivity index (χ3v) is 6.62. The van der Waals surface area contributed by atoms with Crippen molar-refractivity contribution in [1.29, 1.82) is 0 Å². The number of carbonyl (C=O) groups is 1. The summed E-state index contributed by atoms with van der Waals surface area (Å²) >= 11 is 0. The fraction of sp³-hybridized carbons (Fsp3) is 0.333. The number of carbonyl (C=O) groups excluding carboxylic acids is 1. The van der Waals surface area contributed by atoms with E-state index in [0.29, 0.717) is 22.6 Å². The summed E-state index contributed by atoms with van der Waals surface area (Å²) in [6, 6.07) is 10.8. The lowest BCUT2D eigenvalue weighted by molar-refractivity contribution is -0.302. The summed E-state index contributed by atoms with van der Waals surface area (Å²) in [4.78, 5) is 23.4. The molecule has 0 atom stereocenters. The molecule has 0 N–H and O–H groups in total. The molecular weight excluding hydrogens is 463 g/mol. The first-order valence-electron chi connectivity index (χ1n) is 10.9. The highest BCUT2D eigenvalue weighted by Crippen LogP contribution is 2.54. The second-order valence-corrected chi connectivity index (χ2v) is 8.70. The molecule has 8 nitrogen and oxygen atoms in total. The maximum Gasteiger partial charge on any atom is 0.417 e. The summed E-state index contributed by atoms with van der Waals surface area (Å²) in [6.45, 7) is 1.87. The van der Waals surface area contributed by atoms with E-state index in [9.17, 15) is 18.0 Å². The number of aromatic nitrogens is 4. The van der Waals surface area contributed by atoms with Crippen LogP contribution in [-0.4, -0.2) is 51.4 Å². The summed E-state index contributed by atoms with van der Waals surface area (Å²) in [5, 5.41) is 3.97. The van der Waals surface area contributed by atoms with Crippen molar-refractivity contribution in [3.63, 3.8) is 0 Å². The minimum atomic E-state index is -4.47. The fourth-order valence-corrected chi connectivity index (χ4v) is 4.42. The van der Waals surface area contributed by atoms with Gasteiger partial charge in [0.05, 0.1) is 6.20 Å². The maximum absolute atomic E-state index is 13.3. The maximum atomic E-state index is 13.3. The Hall–Kier alpha value is -3.73. The van der Waals surface area contributed by atoms with Crippen molar-refractivity contribution in [3.05, 3.63) is 65.9 Å². The molecule has 1 amide bonds. The quantitative estimate of drug-likeness (QED) is 0.404. The normalized spacial score (nSPS) is 20.1. The number of alkyl halides is 3. The van der Waals surface area contributed by atoms with Gasteiger partial charge < -0.3 is 14.2 Å². The first kappa shape index (κ1) is 23.0. The van der Waals surface area contributed by atoms with Gasteiger partial charge in [0, 0.05) is 37.5 Å². The molecule has 0 bridgehead atoms. The number of hydrogen-bond acceptors (Lipinski definition) is 6. The number of fused-ring (bicyclic) bond motifs is 1. The summed E-state index contributed by atoms with van der Waals surface area (Å²) < 4.78 is 51.6. The van der Waals surface area contributed by atoms with Crippen molar-refractivity contribution in [2.75, 3.05) is 19.1 Å². The number of methoxy groups -OCH3 is 1. The molecule has 4 aromatic rings. The highest BCUT2D eigenvalue weighted by atomic mass is 19.4. The predicted molar refractivity (Wildman–Crippen MR) is 120 cm³/mol. The minimum absolute atomic E-state index is 0.134. The van der Waals surface area contributed by atoms with Crippen LogP contribution >= 0.6 is 0 Å². The first-order chi connectivity index (χ1) is 16.6. The Balaban J connectivity index is 1.39. The second kappa shape index (κ2) is 8.19. The topological polar surface area (TPSA) is 85.8 Å². The molecule has 1 aromatic carbocycles. The average Bonchev–Trinajstić information content (AvgIpc) is 3.45. The second-order valence-electron chi connectivity index (χ2n) is 8.70. The zero-order valence-corrected chi connectivity index (χ0v) is 19.2. The number of benzene rings is 1. The van der Waals surface area contributed by atoms with Gasteiger partial charge in [-0.15, -0.1) is 0 Å². The third kappa shape index (κ3) is 3.75. The number of amides is 1. The van der Waals surface area contributed by atoms with Crippen molar-refractivity contribution < 1.29 is 27.2 Å². The molecular formula is C24H22F3N5O3. The largest absolute Gasteiger partial charge is 0.417 e. The highest BCUT2D eigenvalue weighted by molar-refractivity contribution is 6.05. The smallest absolute Gasteiger partial charge is 0.369 e. The van der Waals surface area contributed by atoms with Crippen LogP contribution in [0.5, 0.6) is 0 Å². The molecule has 0 spiro atoms. The molecule has 5 rings (SSSR count). The van der Waals surface area contributed by atoms with E-state index in [1.807, 2.05) is 31.2 Å². The van der Waals surface area contributed by atoms with E-state index in [0.717, 1.165) is 12.7 Å². The fourth-order valence-electron chi connectivity index (χ4n) is 4.42. The SMILES string of the molecule is COC1(C(F)(F)F)CC(c2nc(-c3ccc(C)c(N(C)C(=O)c4cnc5ccccn45)c3)no2)C1. The number of hydrogen-bond donors (Lipinski definition) is 0. The van der Waals surface area contributed by atoms with E-state index in [1.54, 1.807) is 29.8 Å². The van der Waals surface area contributed by atoms with Gasteiger partial charge in [0.2, 0.25) is 11.7 Å². The predicted octanol–water partition coefficient (Wildman–Crippen LogP) is 4.79. The van der Waals surface area contributed by atoms with Crippen LogP contribution in [0.4, 0.5) is 18.9 Å². The van der Waals surface area contributed by atoms with Gasteiger partial charge in [0.15, 0.2) is 5.60 Å².